The maximum atomic E-state index is 11.5. The molecule has 0 saturated carbocycles. The molecule has 1 heterocycles. The summed E-state index contributed by atoms with van der Waals surface area (Å²) in [6.07, 6.45) is 6.03. The van der Waals surface area contributed by atoms with Crippen molar-refractivity contribution in [2.24, 2.45) is 0 Å². The van der Waals surface area contributed by atoms with E-state index in [0.29, 0.717) is 11.6 Å². The minimum Gasteiger partial charge on any atom is -0.481 e. The molecule has 0 aliphatic rings. The Morgan fingerprint density at radius 3 is 2.89 bits per heavy atom. The van der Waals surface area contributed by atoms with Crippen LogP contribution in [0.3, 0.4) is 0 Å². The third-order valence-corrected chi connectivity index (χ3v) is 1.68. The van der Waals surface area contributed by atoms with Gasteiger partial charge in [-0.3, -0.25) is 5.32 Å². The normalized spacial score (nSPS) is 10.3. The molecule has 1 aromatic heterocycles. The van der Waals surface area contributed by atoms with Crippen LogP contribution in [0.4, 0.5) is 10.6 Å². The van der Waals surface area contributed by atoms with Gasteiger partial charge in [0.1, 0.15) is 23.8 Å². The predicted octanol–water partition coefficient (Wildman–Crippen LogP) is 2.44. The smallest absolute Gasteiger partial charge is 0.413 e. The van der Waals surface area contributed by atoms with Gasteiger partial charge in [-0.1, -0.05) is 5.92 Å². The van der Waals surface area contributed by atoms with E-state index in [4.69, 9.17) is 15.9 Å². The first-order chi connectivity index (χ1) is 8.40. The van der Waals surface area contributed by atoms with Crippen LogP contribution in [0.2, 0.25) is 0 Å². The number of aromatic nitrogens is 1. The molecule has 1 rings (SSSR count). The lowest BCUT2D eigenvalue weighted by Crippen LogP contribution is -2.27. The lowest BCUT2D eigenvalue weighted by atomic mass is 10.2. The number of hydrogen-bond acceptors (Lipinski definition) is 4. The lowest BCUT2D eigenvalue weighted by molar-refractivity contribution is 0.0635. The predicted molar refractivity (Wildman–Crippen MR) is 68.4 cm³/mol. The van der Waals surface area contributed by atoms with Gasteiger partial charge in [-0.25, -0.2) is 9.78 Å². The molecule has 0 aliphatic heterocycles. The van der Waals surface area contributed by atoms with Gasteiger partial charge in [0.05, 0.1) is 0 Å². The summed E-state index contributed by atoms with van der Waals surface area (Å²) in [7, 11) is 0. The number of nitrogens with one attached hydrogen (secondary N) is 1. The van der Waals surface area contributed by atoms with Crippen LogP contribution >= 0.6 is 0 Å². The Labute approximate surface area is 107 Å². The van der Waals surface area contributed by atoms with Crippen LogP contribution in [0.5, 0.6) is 5.75 Å². The average Bonchev–Trinajstić information content (AvgIpc) is 2.24. The van der Waals surface area contributed by atoms with Crippen LogP contribution in [0.1, 0.15) is 20.8 Å². The van der Waals surface area contributed by atoms with E-state index < -0.39 is 11.7 Å². The van der Waals surface area contributed by atoms with E-state index in [9.17, 15) is 4.79 Å². The molecule has 96 valence electrons. The molecular formula is C13H16N2O3. The molecule has 0 spiro atoms. The van der Waals surface area contributed by atoms with E-state index in [1.807, 2.05) is 0 Å². The number of nitrogens with zero attached hydrogens (tertiary/aromatic N) is 1. The molecule has 1 amide bonds. The Bertz CT molecular complexity index is 458. The third-order valence-electron chi connectivity index (χ3n) is 1.68. The van der Waals surface area contributed by atoms with Crippen molar-refractivity contribution < 1.29 is 14.3 Å². The fourth-order valence-corrected chi connectivity index (χ4v) is 1.10. The molecule has 0 fully saturated rings. The van der Waals surface area contributed by atoms with Gasteiger partial charge in [-0.05, 0) is 26.8 Å². The quantitative estimate of drug-likeness (QED) is 0.835. The minimum absolute atomic E-state index is 0.163. The highest BCUT2D eigenvalue weighted by Gasteiger charge is 2.16. The number of rotatable bonds is 3. The second kappa shape index (κ2) is 5.92. The van der Waals surface area contributed by atoms with Gasteiger partial charge in [0.2, 0.25) is 0 Å². The van der Waals surface area contributed by atoms with Crippen molar-refractivity contribution in [2.75, 3.05) is 11.9 Å². The van der Waals surface area contributed by atoms with Crippen LogP contribution < -0.4 is 10.1 Å². The Balaban J connectivity index is 2.62. The molecule has 0 radical (unpaired) electrons. The molecule has 0 aliphatic carbocycles. The summed E-state index contributed by atoms with van der Waals surface area (Å²) in [6, 6.07) is 3.22. The molecule has 0 atom stereocenters. The second-order valence-corrected chi connectivity index (χ2v) is 4.50. The number of amides is 1. The monoisotopic (exact) mass is 248 g/mol. The highest BCUT2D eigenvalue weighted by molar-refractivity contribution is 5.83. The molecule has 18 heavy (non-hydrogen) atoms. The van der Waals surface area contributed by atoms with Crippen LogP contribution in [0, 0.1) is 12.3 Å². The first kappa shape index (κ1) is 13.8. The van der Waals surface area contributed by atoms with E-state index in [1.54, 1.807) is 32.9 Å². The fourth-order valence-electron chi connectivity index (χ4n) is 1.10. The molecule has 0 unspecified atom stereocenters. The van der Waals surface area contributed by atoms with Crippen LogP contribution in [0.15, 0.2) is 18.3 Å². The Morgan fingerprint density at radius 1 is 1.56 bits per heavy atom. The van der Waals surface area contributed by atoms with Gasteiger partial charge in [-0.2, -0.15) is 0 Å². The SMILES string of the molecule is C#CCOc1ccnc(NC(=O)OC(C)(C)C)c1. The number of ether oxygens (including phenoxy) is 2. The molecule has 0 saturated heterocycles. The van der Waals surface area contributed by atoms with Crippen molar-refractivity contribution in [3.8, 4) is 18.1 Å². The molecule has 1 aromatic rings. The van der Waals surface area contributed by atoms with E-state index in [-0.39, 0.29) is 6.61 Å². The summed E-state index contributed by atoms with van der Waals surface area (Å²) in [5.74, 6) is 3.24. The number of pyridine rings is 1. The largest absolute Gasteiger partial charge is 0.481 e. The van der Waals surface area contributed by atoms with Crippen molar-refractivity contribution >= 4 is 11.9 Å². The number of terminal acetylenes is 1. The van der Waals surface area contributed by atoms with Crippen molar-refractivity contribution in [3.05, 3.63) is 18.3 Å². The minimum atomic E-state index is -0.566. The van der Waals surface area contributed by atoms with Crippen LogP contribution in [0.25, 0.3) is 0 Å². The average molecular weight is 248 g/mol. The zero-order valence-electron chi connectivity index (χ0n) is 10.7. The summed E-state index contributed by atoms with van der Waals surface area (Å²) >= 11 is 0. The molecule has 0 bridgehead atoms. The summed E-state index contributed by atoms with van der Waals surface area (Å²) in [6.45, 7) is 5.52. The molecule has 5 nitrogen and oxygen atoms in total. The number of carbonyl (C=O) groups excluding carboxylic acids is 1. The lowest BCUT2D eigenvalue weighted by Gasteiger charge is -2.19. The molecule has 5 heteroatoms. The van der Waals surface area contributed by atoms with E-state index in [0.717, 1.165) is 0 Å². The van der Waals surface area contributed by atoms with E-state index in [1.165, 1.54) is 6.20 Å². The first-order valence-electron chi connectivity index (χ1n) is 5.43. The van der Waals surface area contributed by atoms with Gasteiger partial charge >= 0.3 is 6.09 Å². The molecular weight excluding hydrogens is 232 g/mol. The zero-order valence-corrected chi connectivity index (χ0v) is 10.7. The maximum absolute atomic E-state index is 11.5. The van der Waals surface area contributed by atoms with Gasteiger partial charge in [0.15, 0.2) is 0 Å². The highest BCUT2D eigenvalue weighted by Crippen LogP contribution is 2.15. The van der Waals surface area contributed by atoms with Crippen molar-refractivity contribution in [3.63, 3.8) is 0 Å². The number of hydrogen-bond donors (Lipinski definition) is 1. The zero-order chi connectivity index (χ0) is 13.6. The summed E-state index contributed by atoms with van der Waals surface area (Å²) in [4.78, 5) is 15.5. The second-order valence-electron chi connectivity index (χ2n) is 4.50. The first-order valence-corrected chi connectivity index (χ1v) is 5.43. The standard InChI is InChI=1S/C13H16N2O3/c1-5-8-17-10-6-7-14-11(9-10)15-12(16)18-13(2,3)4/h1,6-7,9H,8H2,2-4H3,(H,14,15,16). The van der Waals surface area contributed by atoms with Crippen LogP contribution in [-0.2, 0) is 4.74 Å². The Hall–Kier alpha value is -2.22. The summed E-state index contributed by atoms with van der Waals surface area (Å²) < 4.78 is 10.3. The van der Waals surface area contributed by atoms with Crippen molar-refractivity contribution in [1.82, 2.24) is 4.98 Å². The van der Waals surface area contributed by atoms with Gasteiger partial charge in [0, 0.05) is 12.3 Å². The van der Waals surface area contributed by atoms with Gasteiger partial charge in [0.25, 0.3) is 0 Å². The molecule has 1 N–H and O–H groups in total. The van der Waals surface area contributed by atoms with E-state index in [2.05, 4.69) is 16.2 Å². The third kappa shape index (κ3) is 5.21. The van der Waals surface area contributed by atoms with Crippen molar-refractivity contribution in [2.45, 2.75) is 26.4 Å². The van der Waals surface area contributed by atoms with E-state index >= 15 is 0 Å². The number of carbonyl (C=O) groups is 1. The Kier molecular flexibility index (Phi) is 4.55. The summed E-state index contributed by atoms with van der Waals surface area (Å²) in [5.41, 5.74) is -0.554. The fraction of sp³-hybridized carbons (Fsp3) is 0.385. The highest BCUT2D eigenvalue weighted by atomic mass is 16.6. The van der Waals surface area contributed by atoms with Gasteiger partial charge in [-0.15, -0.1) is 6.42 Å². The van der Waals surface area contributed by atoms with Crippen molar-refractivity contribution in [1.29, 1.82) is 0 Å². The topological polar surface area (TPSA) is 60.5 Å². The van der Waals surface area contributed by atoms with Crippen LogP contribution in [-0.4, -0.2) is 23.3 Å². The maximum Gasteiger partial charge on any atom is 0.413 e. The number of anilines is 1. The summed E-state index contributed by atoms with van der Waals surface area (Å²) in [5, 5.41) is 2.51. The van der Waals surface area contributed by atoms with Gasteiger partial charge < -0.3 is 9.47 Å². The Morgan fingerprint density at radius 2 is 2.28 bits per heavy atom. The molecule has 0 aromatic carbocycles.